The van der Waals surface area contributed by atoms with E-state index in [2.05, 4.69) is 15.5 Å². The highest BCUT2D eigenvalue weighted by Crippen LogP contribution is 2.30. The van der Waals surface area contributed by atoms with Gasteiger partial charge in [0, 0.05) is 6.07 Å². The van der Waals surface area contributed by atoms with E-state index >= 15 is 0 Å². The van der Waals surface area contributed by atoms with Crippen LogP contribution in [0.4, 0.5) is 14.5 Å². The minimum atomic E-state index is -0.731. The number of rotatable bonds is 3. The molecule has 0 aliphatic heterocycles. The molecule has 0 saturated carbocycles. The number of anilines is 1. The molecular weight excluding hydrogens is 360 g/mol. The fraction of sp³-hybridized carbons (Fsp3) is 0.0556. The number of carbonyl (C=O) groups is 1. The molecule has 0 unspecified atom stereocenters. The van der Waals surface area contributed by atoms with E-state index in [4.69, 9.17) is 4.52 Å². The van der Waals surface area contributed by atoms with Crippen LogP contribution in [0.3, 0.4) is 0 Å². The van der Waals surface area contributed by atoms with Gasteiger partial charge in [0.25, 0.3) is 11.6 Å². The van der Waals surface area contributed by atoms with Crippen LogP contribution in [-0.4, -0.2) is 16.0 Å². The van der Waals surface area contributed by atoms with Gasteiger partial charge in [0.2, 0.25) is 0 Å². The van der Waals surface area contributed by atoms with Crippen molar-refractivity contribution in [2.24, 2.45) is 0 Å². The minimum Gasteiger partial charge on any atom is -0.335 e. The molecule has 1 amide bonds. The molecule has 0 bridgehead atoms. The molecule has 8 heteroatoms. The number of aryl methyl sites for hydroxylation is 1. The number of aromatic nitrogens is 2. The lowest BCUT2D eigenvalue weighted by atomic mass is 10.1. The van der Waals surface area contributed by atoms with Crippen LogP contribution in [-0.2, 0) is 0 Å². The Balaban J connectivity index is 1.82. The number of thiophene rings is 1. The number of pyridine rings is 1. The Kier molecular flexibility index (Phi) is 3.96. The highest BCUT2D eigenvalue weighted by Gasteiger charge is 2.20. The van der Waals surface area contributed by atoms with Gasteiger partial charge in [0.15, 0.2) is 0 Å². The van der Waals surface area contributed by atoms with E-state index in [0.717, 1.165) is 23.1 Å². The van der Waals surface area contributed by atoms with Crippen LogP contribution in [0.15, 0.2) is 46.3 Å². The molecule has 3 aromatic heterocycles. The van der Waals surface area contributed by atoms with Crippen molar-refractivity contribution in [3.05, 3.63) is 64.7 Å². The standard InChI is InChI=1S/C18H11F2N3O2S/c1-9-16-11(17(24)21-13-7-10(19)4-5-12(13)20)8-14(15-3-2-6-26-15)22-18(16)25-23-9/h2-8H,1H3,(H,21,24). The maximum atomic E-state index is 13.9. The second-order valence-electron chi connectivity index (χ2n) is 5.56. The number of hydrogen-bond acceptors (Lipinski definition) is 5. The maximum Gasteiger partial charge on any atom is 0.259 e. The molecule has 0 radical (unpaired) electrons. The third-order valence-corrected chi connectivity index (χ3v) is 4.70. The average Bonchev–Trinajstić information content (AvgIpc) is 3.28. The van der Waals surface area contributed by atoms with Gasteiger partial charge in [-0.15, -0.1) is 11.3 Å². The van der Waals surface area contributed by atoms with E-state index in [9.17, 15) is 13.6 Å². The summed E-state index contributed by atoms with van der Waals surface area (Å²) in [6.45, 7) is 1.68. The van der Waals surface area contributed by atoms with Crippen LogP contribution in [0.2, 0.25) is 0 Å². The Morgan fingerprint density at radius 3 is 2.85 bits per heavy atom. The van der Waals surface area contributed by atoms with Crippen molar-refractivity contribution in [1.29, 1.82) is 0 Å². The monoisotopic (exact) mass is 371 g/mol. The van der Waals surface area contributed by atoms with Crippen LogP contribution in [0.1, 0.15) is 16.1 Å². The molecule has 130 valence electrons. The Hall–Kier alpha value is -3.13. The third kappa shape index (κ3) is 2.84. The van der Waals surface area contributed by atoms with E-state index in [1.54, 1.807) is 13.0 Å². The molecule has 1 N–H and O–H groups in total. The predicted octanol–water partition coefficient (Wildman–Crippen LogP) is 4.79. The zero-order valence-electron chi connectivity index (χ0n) is 13.4. The summed E-state index contributed by atoms with van der Waals surface area (Å²) in [5, 5.41) is 8.57. The summed E-state index contributed by atoms with van der Waals surface area (Å²) >= 11 is 1.45. The zero-order valence-corrected chi connectivity index (χ0v) is 14.2. The molecule has 0 spiro atoms. The molecule has 4 rings (SSSR count). The van der Waals surface area contributed by atoms with Crippen molar-refractivity contribution in [2.45, 2.75) is 6.92 Å². The molecule has 0 fully saturated rings. The summed E-state index contributed by atoms with van der Waals surface area (Å²) in [5.74, 6) is -1.99. The van der Waals surface area contributed by atoms with Gasteiger partial charge >= 0.3 is 0 Å². The number of halogens is 2. The van der Waals surface area contributed by atoms with Gasteiger partial charge in [-0.25, -0.2) is 13.8 Å². The van der Waals surface area contributed by atoms with Crippen molar-refractivity contribution >= 4 is 34.0 Å². The summed E-state index contributed by atoms with van der Waals surface area (Å²) < 4.78 is 32.4. The Morgan fingerprint density at radius 2 is 2.08 bits per heavy atom. The molecule has 0 aliphatic carbocycles. The van der Waals surface area contributed by atoms with E-state index in [-0.39, 0.29) is 17.0 Å². The molecule has 1 aromatic carbocycles. The fourth-order valence-corrected chi connectivity index (χ4v) is 3.29. The van der Waals surface area contributed by atoms with Gasteiger partial charge in [-0.05, 0) is 36.6 Å². The van der Waals surface area contributed by atoms with Gasteiger partial charge in [-0.3, -0.25) is 4.79 Å². The topological polar surface area (TPSA) is 68.0 Å². The fourth-order valence-electron chi connectivity index (χ4n) is 2.61. The first-order valence-corrected chi connectivity index (χ1v) is 8.48. The molecule has 4 aromatic rings. The lowest BCUT2D eigenvalue weighted by Gasteiger charge is -2.08. The van der Waals surface area contributed by atoms with Gasteiger partial charge in [-0.2, -0.15) is 0 Å². The number of fused-ring (bicyclic) bond motifs is 1. The first-order chi connectivity index (χ1) is 12.5. The van der Waals surface area contributed by atoms with Crippen molar-refractivity contribution in [3.8, 4) is 10.6 Å². The smallest absolute Gasteiger partial charge is 0.259 e. The van der Waals surface area contributed by atoms with E-state index in [1.165, 1.54) is 11.3 Å². The van der Waals surface area contributed by atoms with Gasteiger partial charge in [-0.1, -0.05) is 11.2 Å². The average molecular weight is 371 g/mol. The van der Waals surface area contributed by atoms with Crippen molar-refractivity contribution in [2.75, 3.05) is 5.32 Å². The van der Waals surface area contributed by atoms with Crippen LogP contribution in [0, 0.1) is 18.6 Å². The summed E-state index contributed by atoms with van der Waals surface area (Å²) in [6.07, 6.45) is 0. The number of benzene rings is 1. The Bertz CT molecular complexity index is 1120. The Labute approximate surface area is 150 Å². The highest BCUT2D eigenvalue weighted by atomic mass is 32.1. The van der Waals surface area contributed by atoms with Crippen LogP contribution < -0.4 is 5.32 Å². The lowest BCUT2D eigenvalue weighted by Crippen LogP contribution is -2.14. The largest absolute Gasteiger partial charge is 0.335 e. The maximum absolute atomic E-state index is 13.9. The molecule has 5 nitrogen and oxygen atoms in total. The third-order valence-electron chi connectivity index (χ3n) is 3.81. The molecule has 0 atom stereocenters. The summed E-state index contributed by atoms with van der Waals surface area (Å²) in [6, 6.07) is 8.16. The van der Waals surface area contributed by atoms with Crippen molar-refractivity contribution < 1.29 is 18.1 Å². The number of amides is 1. The number of nitrogens with one attached hydrogen (secondary N) is 1. The summed E-state index contributed by atoms with van der Waals surface area (Å²) in [4.78, 5) is 18.0. The van der Waals surface area contributed by atoms with E-state index in [1.807, 2.05) is 17.5 Å². The summed E-state index contributed by atoms with van der Waals surface area (Å²) in [7, 11) is 0. The van der Waals surface area contributed by atoms with Crippen molar-refractivity contribution in [1.82, 2.24) is 10.1 Å². The summed E-state index contributed by atoms with van der Waals surface area (Å²) in [5.41, 5.74) is 1.20. The molecule has 0 saturated heterocycles. The quantitative estimate of drug-likeness (QED) is 0.562. The Morgan fingerprint density at radius 1 is 1.23 bits per heavy atom. The first-order valence-electron chi connectivity index (χ1n) is 7.60. The van der Waals surface area contributed by atoms with Gasteiger partial charge < -0.3 is 9.84 Å². The van der Waals surface area contributed by atoms with Crippen molar-refractivity contribution in [3.63, 3.8) is 0 Å². The van der Waals surface area contributed by atoms with Crippen LogP contribution in [0.5, 0.6) is 0 Å². The zero-order chi connectivity index (χ0) is 18.3. The molecule has 26 heavy (non-hydrogen) atoms. The normalized spacial score (nSPS) is 11.0. The van der Waals surface area contributed by atoms with Gasteiger partial charge in [0.05, 0.1) is 32.9 Å². The minimum absolute atomic E-state index is 0.207. The molecule has 0 aliphatic rings. The number of nitrogens with zero attached hydrogens (tertiary/aromatic N) is 2. The lowest BCUT2D eigenvalue weighted by molar-refractivity contribution is 0.102. The predicted molar refractivity (Wildman–Crippen MR) is 94.2 cm³/mol. The second kappa shape index (κ2) is 6.30. The van der Waals surface area contributed by atoms with Gasteiger partial charge in [0.1, 0.15) is 11.6 Å². The molecule has 3 heterocycles. The van der Waals surface area contributed by atoms with Crippen LogP contribution in [0.25, 0.3) is 21.7 Å². The van der Waals surface area contributed by atoms with E-state index in [0.29, 0.717) is 16.8 Å². The second-order valence-corrected chi connectivity index (χ2v) is 6.51. The number of hydrogen-bond donors (Lipinski definition) is 1. The number of carbonyl (C=O) groups excluding carboxylic acids is 1. The molecular formula is C18H11F2N3O2S. The first kappa shape index (κ1) is 16.3. The SMILES string of the molecule is Cc1noc2nc(-c3cccs3)cc(C(=O)Nc3cc(F)ccc3F)c12. The van der Waals surface area contributed by atoms with E-state index < -0.39 is 17.5 Å². The highest BCUT2D eigenvalue weighted by molar-refractivity contribution is 7.13. The van der Waals surface area contributed by atoms with Crippen LogP contribution >= 0.6 is 11.3 Å².